The fourth-order valence-corrected chi connectivity index (χ4v) is 3.69. The lowest BCUT2D eigenvalue weighted by atomic mass is 9.73. The van der Waals surface area contributed by atoms with E-state index in [1.54, 1.807) is 0 Å². The Bertz CT molecular complexity index is 186. The summed E-state index contributed by atoms with van der Waals surface area (Å²) < 4.78 is 0. The Morgan fingerprint density at radius 3 is 1.69 bits per heavy atom. The van der Waals surface area contributed by atoms with Crippen LogP contribution in [-0.4, -0.2) is 11.7 Å². The second-order valence-electron chi connectivity index (χ2n) is 6.43. The zero-order valence-corrected chi connectivity index (χ0v) is 10.8. The summed E-state index contributed by atoms with van der Waals surface area (Å²) >= 11 is 0. The molecule has 0 aromatic heterocycles. The molecule has 2 aliphatic rings. The summed E-state index contributed by atoms with van der Waals surface area (Å²) in [6.07, 6.45) is 12.7. The molecule has 0 saturated heterocycles. The fourth-order valence-electron chi connectivity index (χ4n) is 3.69. The molecule has 0 spiro atoms. The van der Waals surface area contributed by atoms with E-state index in [1.165, 1.54) is 57.8 Å². The van der Waals surface area contributed by atoms with Crippen molar-refractivity contribution in [2.45, 2.75) is 64.7 Å². The lowest BCUT2D eigenvalue weighted by molar-refractivity contribution is 0.147. The van der Waals surface area contributed by atoms with E-state index in [2.05, 4.69) is 6.92 Å². The van der Waals surface area contributed by atoms with Gasteiger partial charge in [0.2, 0.25) is 0 Å². The number of hydrogen-bond acceptors (Lipinski definition) is 1. The molecule has 0 bridgehead atoms. The van der Waals surface area contributed by atoms with E-state index in [4.69, 9.17) is 5.11 Å². The molecule has 1 nitrogen and oxygen atoms in total. The molecule has 0 radical (unpaired) electrons. The van der Waals surface area contributed by atoms with Crippen molar-refractivity contribution < 1.29 is 5.11 Å². The maximum atomic E-state index is 9.13. The van der Waals surface area contributed by atoms with Crippen LogP contribution >= 0.6 is 0 Å². The molecule has 1 N–H and O–H groups in total. The molecule has 0 heterocycles. The van der Waals surface area contributed by atoms with Crippen molar-refractivity contribution in [2.75, 3.05) is 6.61 Å². The van der Waals surface area contributed by atoms with Crippen molar-refractivity contribution in [1.29, 1.82) is 0 Å². The summed E-state index contributed by atoms with van der Waals surface area (Å²) in [7, 11) is 0. The molecule has 1 heteroatoms. The summed E-state index contributed by atoms with van der Waals surface area (Å²) in [5.74, 6) is 3.64. The molecule has 0 aliphatic heterocycles. The Balaban J connectivity index is 1.66. The Morgan fingerprint density at radius 1 is 0.750 bits per heavy atom. The van der Waals surface area contributed by atoms with Crippen LogP contribution in [0.4, 0.5) is 0 Å². The van der Waals surface area contributed by atoms with Gasteiger partial charge < -0.3 is 5.11 Å². The molecule has 94 valence electrons. The normalized spacial score (nSPS) is 40.9. The van der Waals surface area contributed by atoms with Crippen molar-refractivity contribution >= 4 is 0 Å². The van der Waals surface area contributed by atoms with Gasteiger partial charge in [0.1, 0.15) is 0 Å². The highest BCUT2D eigenvalue weighted by Crippen LogP contribution is 2.37. The Labute approximate surface area is 101 Å². The Hall–Kier alpha value is -0.0400. The molecule has 0 atom stereocenters. The lowest BCUT2D eigenvalue weighted by Gasteiger charge is -2.33. The van der Waals surface area contributed by atoms with Crippen LogP contribution in [0, 0.1) is 23.7 Å². The molecule has 2 aliphatic carbocycles. The largest absolute Gasteiger partial charge is 0.396 e. The second-order valence-corrected chi connectivity index (χ2v) is 6.43. The zero-order valence-electron chi connectivity index (χ0n) is 10.8. The van der Waals surface area contributed by atoms with E-state index in [0.717, 1.165) is 17.8 Å². The highest BCUT2D eigenvalue weighted by Gasteiger charge is 2.25. The maximum Gasteiger partial charge on any atom is 0.0459 e. The molecule has 2 saturated carbocycles. The van der Waals surface area contributed by atoms with Gasteiger partial charge in [-0.25, -0.2) is 0 Å². The minimum Gasteiger partial charge on any atom is -0.396 e. The molecule has 2 fully saturated rings. The van der Waals surface area contributed by atoms with Gasteiger partial charge in [-0.2, -0.15) is 0 Å². The zero-order chi connectivity index (χ0) is 11.4. The lowest BCUT2D eigenvalue weighted by Crippen LogP contribution is -2.21. The summed E-state index contributed by atoms with van der Waals surface area (Å²) in [4.78, 5) is 0. The number of aliphatic hydroxyl groups is 1. The van der Waals surface area contributed by atoms with Gasteiger partial charge in [0, 0.05) is 6.61 Å². The molecular weight excluding hydrogens is 196 g/mol. The molecular formula is C15H28O. The van der Waals surface area contributed by atoms with Gasteiger partial charge in [-0.05, 0) is 42.9 Å². The number of hydrogen-bond donors (Lipinski definition) is 1. The van der Waals surface area contributed by atoms with E-state index < -0.39 is 0 Å². The van der Waals surface area contributed by atoms with Crippen LogP contribution in [0.25, 0.3) is 0 Å². The third kappa shape index (κ3) is 3.48. The van der Waals surface area contributed by atoms with Crippen LogP contribution < -0.4 is 0 Å². The first-order valence-electron chi connectivity index (χ1n) is 7.38. The SMILES string of the molecule is CC1CCC(CC2CCC(CO)CC2)CC1. The van der Waals surface area contributed by atoms with Crippen LogP contribution in [0.15, 0.2) is 0 Å². The van der Waals surface area contributed by atoms with Crippen molar-refractivity contribution in [3.8, 4) is 0 Å². The minimum absolute atomic E-state index is 0.424. The molecule has 0 unspecified atom stereocenters. The number of rotatable bonds is 3. The van der Waals surface area contributed by atoms with Gasteiger partial charge in [-0.3, -0.25) is 0 Å². The average molecular weight is 224 g/mol. The van der Waals surface area contributed by atoms with Crippen molar-refractivity contribution in [1.82, 2.24) is 0 Å². The Morgan fingerprint density at radius 2 is 1.19 bits per heavy atom. The summed E-state index contributed by atoms with van der Waals surface area (Å²) in [6.45, 7) is 2.83. The van der Waals surface area contributed by atoms with Crippen molar-refractivity contribution in [3.63, 3.8) is 0 Å². The minimum atomic E-state index is 0.424. The predicted octanol–water partition coefficient (Wildman–Crippen LogP) is 4.00. The monoisotopic (exact) mass is 224 g/mol. The van der Waals surface area contributed by atoms with Gasteiger partial charge in [0.15, 0.2) is 0 Å². The van der Waals surface area contributed by atoms with Crippen molar-refractivity contribution in [3.05, 3.63) is 0 Å². The van der Waals surface area contributed by atoms with Crippen LogP contribution in [0.2, 0.25) is 0 Å². The first-order valence-corrected chi connectivity index (χ1v) is 7.38. The quantitative estimate of drug-likeness (QED) is 0.768. The van der Waals surface area contributed by atoms with Crippen LogP contribution in [0.5, 0.6) is 0 Å². The van der Waals surface area contributed by atoms with Crippen molar-refractivity contribution in [2.24, 2.45) is 23.7 Å². The molecule has 2 rings (SSSR count). The second kappa shape index (κ2) is 6.05. The average Bonchev–Trinajstić information content (AvgIpc) is 2.33. The summed E-state index contributed by atoms with van der Waals surface area (Å²) in [5, 5.41) is 9.13. The topological polar surface area (TPSA) is 20.2 Å². The smallest absolute Gasteiger partial charge is 0.0459 e. The van der Waals surface area contributed by atoms with Gasteiger partial charge in [-0.15, -0.1) is 0 Å². The molecule has 0 amide bonds. The van der Waals surface area contributed by atoms with Crippen LogP contribution in [0.3, 0.4) is 0 Å². The molecule has 0 aromatic carbocycles. The van der Waals surface area contributed by atoms with Gasteiger partial charge in [0.25, 0.3) is 0 Å². The first kappa shape index (κ1) is 12.4. The number of aliphatic hydroxyl groups excluding tert-OH is 1. The van der Waals surface area contributed by atoms with Gasteiger partial charge >= 0.3 is 0 Å². The highest BCUT2D eigenvalue weighted by atomic mass is 16.3. The third-order valence-electron chi connectivity index (χ3n) is 5.03. The highest BCUT2D eigenvalue weighted by molar-refractivity contribution is 4.77. The van der Waals surface area contributed by atoms with E-state index in [9.17, 15) is 0 Å². The van der Waals surface area contributed by atoms with E-state index in [1.807, 2.05) is 0 Å². The van der Waals surface area contributed by atoms with E-state index in [-0.39, 0.29) is 0 Å². The van der Waals surface area contributed by atoms with E-state index in [0.29, 0.717) is 12.5 Å². The predicted molar refractivity (Wildman–Crippen MR) is 68.3 cm³/mol. The standard InChI is InChI=1S/C15H28O/c1-12-2-4-13(5-3-12)10-14-6-8-15(11-16)9-7-14/h12-16H,2-11H2,1H3. The molecule has 16 heavy (non-hydrogen) atoms. The summed E-state index contributed by atoms with van der Waals surface area (Å²) in [6, 6.07) is 0. The van der Waals surface area contributed by atoms with E-state index >= 15 is 0 Å². The first-order chi connectivity index (χ1) is 7.78. The van der Waals surface area contributed by atoms with Gasteiger partial charge in [-0.1, -0.05) is 45.4 Å². The summed E-state index contributed by atoms with van der Waals surface area (Å²) in [5.41, 5.74) is 0. The fraction of sp³-hybridized carbons (Fsp3) is 1.00. The Kier molecular flexibility index (Phi) is 4.69. The van der Waals surface area contributed by atoms with Gasteiger partial charge in [0.05, 0.1) is 0 Å². The maximum absolute atomic E-state index is 9.13. The molecule has 0 aromatic rings. The third-order valence-corrected chi connectivity index (χ3v) is 5.03. The van der Waals surface area contributed by atoms with Crippen LogP contribution in [0.1, 0.15) is 64.7 Å². The van der Waals surface area contributed by atoms with Crippen LogP contribution in [-0.2, 0) is 0 Å².